The van der Waals surface area contributed by atoms with Gasteiger partial charge >= 0.3 is 12.2 Å². The van der Waals surface area contributed by atoms with Crippen LogP contribution in [-0.2, 0) is 54.8 Å². The number of amides is 2. The van der Waals surface area contributed by atoms with Gasteiger partial charge in [0.05, 0.1) is 37.4 Å². The van der Waals surface area contributed by atoms with Gasteiger partial charge in [-0.05, 0) is 158 Å². The molecule has 18 rings (SSSR count). The fourth-order valence-electron chi connectivity index (χ4n) is 21.9. The summed E-state index contributed by atoms with van der Waals surface area (Å²) in [5, 5.41) is 15.9. The monoisotopic (exact) mass is 1090 g/mol. The van der Waals surface area contributed by atoms with Crippen LogP contribution in [-0.4, -0.2) is 111 Å². The Balaban J connectivity index is 0.000000131. The Morgan fingerprint density at radius 2 is 0.829 bits per heavy atom. The zero-order chi connectivity index (χ0) is 55.1. The maximum absolute atomic E-state index is 13.4. The van der Waals surface area contributed by atoms with Gasteiger partial charge in [0.15, 0.2) is 0 Å². The first-order valence-corrected chi connectivity index (χ1v) is 30.9. The summed E-state index contributed by atoms with van der Waals surface area (Å²) in [4.78, 5) is 35.5. The predicted molar refractivity (Wildman–Crippen MR) is 321 cm³/mol. The number of hydrogen-bond acceptors (Lipinski definition) is 10. The van der Waals surface area contributed by atoms with Gasteiger partial charge in [0, 0.05) is 70.6 Å². The molecule has 0 radical (unpaired) electrons. The Morgan fingerprint density at radius 1 is 0.415 bits per heavy atom. The van der Waals surface area contributed by atoms with Crippen LogP contribution in [0.3, 0.4) is 0 Å². The molecule has 6 aromatic rings. The summed E-state index contributed by atoms with van der Waals surface area (Å²) >= 11 is 0. The van der Waals surface area contributed by atoms with Crippen molar-refractivity contribution < 1.29 is 19.1 Å². The van der Waals surface area contributed by atoms with Crippen LogP contribution >= 0.6 is 0 Å². The van der Waals surface area contributed by atoms with E-state index in [4.69, 9.17) is 9.47 Å². The third-order valence-electron chi connectivity index (χ3n) is 24.6. The van der Waals surface area contributed by atoms with Crippen molar-refractivity contribution in [2.24, 2.45) is 11.8 Å². The average molecular weight is 1090 g/mol. The lowest BCUT2D eigenvalue weighted by atomic mass is 9.53. The summed E-state index contributed by atoms with van der Waals surface area (Å²) in [5.74, 6) is 1.28. The van der Waals surface area contributed by atoms with Gasteiger partial charge in [0.25, 0.3) is 0 Å². The number of nitrogens with one attached hydrogen (secondary N) is 4. The van der Waals surface area contributed by atoms with Crippen molar-refractivity contribution in [3.8, 4) is 0 Å². The molecule has 2 amide bonds. The molecule has 2 saturated carbocycles. The number of hydrogen-bond donors (Lipinski definition) is 4. The molecule has 6 fully saturated rings. The van der Waals surface area contributed by atoms with Crippen molar-refractivity contribution in [2.75, 3.05) is 75.8 Å². The lowest BCUT2D eigenvalue weighted by Crippen LogP contribution is -2.57. The van der Waals surface area contributed by atoms with Crippen LogP contribution in [0.5, 0.6) is 0 Å². The number of methoxy groups -OCH3 is 2. The van der Waals surface area contributed by atoms with Gasteiger partial charge < -0.3 is 30.7 Å². The molecule has 0 aromatic heterocycles. The lowest BCUT2D eigenvalue weighted by molar-refractivity contribution is 0.0993. The van der Waals surface area contributed by atoms with E-state index in [0.29, 0.717) is 31.3 Å². The average Bonchev–Trinajstić information content (AvgIpc) is 1.72. The van der Waals surface area contributed by atoms with E-state index in [-0.39, 0.29) is 51.6 Å². The molecular formula is C70H76N8O4. The zero-order valence-corrected chi connectivity index (χ0v) is 47.9. The Morgan fingerprint density at radius 3 is 1.41 bits per heavy atom. The summed E-state index contributed by atoms with van der Waals surface area (Å²) in [5.41, 5.74) is 18.9. The fraction of sp³-hybridized carbons (Fsp3) is 0.457. The molecule has 8 aliphatic heterocycles. The Hall–Kier alpha value is -7.02. The Kier molecular flexibility index (Phi) is 10.5. The lowest BCUT2D eigenvalue weighted by Gasteiger charge is -2.49. The number of anilines is 4. The molecule has 0 unspecified atom stereocenters. The number of benzene rings is 6. The second kappa shape index (κ2) is 17.3. The number of likely N-dealkylation sites (tertiary alicyclic amines) is 4. The quantitative estimate of drug-likeness (QED) is 0.136. The number of nitrogens with zero attached hydrogens (tertiary/aromatic N) is 4. The molecule has 12 nitrogen and oxygen atoms in total. The Labute approximate surface area is 482 Å². The van der Waals surface area contributed by atoms with Gasteiger partial charge in [-0.3, -0.25) is 19.6 Å². The first-order chi connectivity index (χ1) is 40.1. The van der Waals surface area contributed by atoms with E-state index in [9.17, 15) is 9.59 Å². The molecule has 420 valence electrons. The standard InChI is InChI=1S/C36H38N4O4.C34H38N4/c1-43-32(41)39-19-17-34(25-12-5-6-15-28(25)37-30(34)39)26-13-7-14-27-29(26)38-31-36(27,18-20-40(31)33(42)44-2)35-16-8-10-23(35)21-22-9-3-4-11-24(22)35;1-37-19-17-32(25-12-5-6-15-28(25)35-30(32)37)26-13-7-14-27-29(26)36-31-34(27,18-20-38(31)2)33-16-8-10-23(33)21-22-9-3-4-11-24(22)33/h3-7,9,11-15,23,30-31,37-38H,8,10,16-21H2,1-2H3;3-7,9,11-15,23,30-31,35-36H,8,10,16-21H2,1-2H3/t23-,30+,31-,34+,35+,36+;23-,30+,31-,32+,33+,34+/m00/s1. The smallest absolute Gasteiger partial charge is 0.411 e. The van der Waals surface area contributed by atoms with Gasteiger partial charge in [-0.15, -0.1) is 0 Å². The second-order valence-electron chi connectivity index (χ2n) is 26.8. The molecule has 4 N–H and O–H groups in total. The highest BCUT2D eigenvalue weighted by Crippen LogP contribution is 2.72. The molecule has 12 heteroatoms. The van der Waals surface area contributed by atoms with E-state index in [2.05, 4.69) is 173 Å². The second-order valence-corrected chi connectivity index (χ2v) is 26.8. The van der Waals surface area contributed by atoms with Gasteiger partial charge in [-0.1, -0.05) is 134 Å². The molecule has 12 atom stereocenters. The van der Waals surface area contributed by atoms with E-state index >= 15 is 0 Å². The molecular weight excluding hydrogens is 1020 g/mol. The predicted octanol–water partition coefficient (Wildman–Crippen LogP) is 11.6. The van der Waals surface area contributed by atoms with Crippen molar-refractivity contribution >= 4 is 34.9 Å². The first kappa shape index (κ1) is 49.6. The van der Waals surface area contributed by atoms with E-state index in [1.807, 2.05) is 15.9 Å². The van der Waals surface area contributed by atoms with Crippen LogP contribution in [0, 0.1) is 11.8 Å². The molecule has 8 heterocycles. The molecule has 0 spiro atoms. The fourth-order valence-corrected chi connectivity index (χ4v) is 21.9. The number of likely N-dealkylation sites (N-methyl/N-ethyl adjacent to an activating group) is 2. The highest BCUT2D eigenvalue weighted by molar-refractivity contribution is 5.82. The van der Waals surface area contributed by atoms with Crippen LogP contribution in [0.25, 0.3) is 0 Å². The number of fused-ring (bicyclic) bond motifs is 20. The van der Waals surface area contributed by atoms with E-state index in [0.717, 1.165) is 55.9 Å². The maximum Gasteiger partial charge on any atom is 0.411 e. The molecule has 4 saturated heterocycles. The van der Waals surface area contributed by atoms with Crippen molar-refractivity contribution in [3.05, 3.63) is 189 Å². The van der Waals surface area contributed by atoms with Gasteiger partial charge in [0.1, 0.15) is 12.3 Å². The number of para-hydroxylation sites is 4. The van der Waals surface area contributed by atoms with E-state index in [1.54, 1.807) is 16.7 Å². The molecule has 82 heavy (non-hydrogen) atoms. The normalized spacial score (nSPS) is 35.7. The molecule has 12 aliphatic rings. The van der Waals surface area contributed by atoms with E-state index in [1.165, 1.54) is 116 Å². The highest BCUT2D eigenvalue weighted by atomic mass is 16.5. The molecule has 4 aliphatic carbocycles. The number of ether oxygens (including phenoxy) is 2. The first-order valence-electron chi connectivity index (χ1n) is 30.9. The minimum absolute atomic E-state index is 0.0254. The molecule has 0 bridgehead atoms. The third-order valence-corrected chi connectivity index (χ3v) is 24.6. The number of carbonyl (C=O) groups is 2. The van der Waals surface area contributed by atoms with Crippen molar-refractivity contribution in [2.45, 2.75) is 134 Å². The summed E-state index contributed by atoms with van der Waals surface area (Å²) < 4.78 is 10.7. The number of rotatable bonds is 4. The summed E-state index contributed by atoms with van der Waals surface area (Å²) in [7, 11) is 7.60. The van der Waals surface area contributed by atoms with Gasteiger partial charge in [0.2, 0.25) is 0 Å². The van der Waals surface area contributed by atoms with Crippen molar-refractivity contribution in [1.82, 2.24) is 19.6 Å². The van der Waals surface area contributed by atoms with Crippen LogP contribution in [0.1, 0.15) is 120 Å². The summed E-state index contributed by atoms with van der Waals surface area (Å²) in [6.07, 6.45) is 13.5. The van der Waals surface area contributed by atoms with Crippen molar-refractivity contribution in [3.63, 3.8) is 0 Å². The maximum atomic E-state index is 13.4. The SMILES string of the molecule is CN1CC[C@]2(c3cccc4c3N[C@H]3N(C)CC[C@@]43[C@]34CCC[C@H]3Cc3ccccc34)c3ccccc3N[C@H]12.COC(=O)N1CC[C@]2(c3cccc4c3N[C@H]3N(C(=O)OC)CC[C@@]43[C@]34CCC[C@H]3Cc3ccccc34)c3ccccc3N[C@H]12. The van der Waals surface area contributed by atoms with Crippen LogP contribution in [0.4, 0.5) is 32.3 Å². The van der Waals surface area contributed by atoms with Crippen molar-refractivity contribution in [1.29, 1.82) is 0 Å². The topological polar surface area (TPSA) is 114 Å². The number of carbonyl (C=O) groups excluding carboxylic acids is 2. The van der Waals surface area contributed by atoms with Crippen LogP contribution < -0.4 is 21.3 Å². The zero-order valence-electron chi connectivity index (χ0n) is 47.9. The van der Waals surface area contributed by atoms with E-state index < -0.39 is 5.41 Å². The molecule has 6 aromatic carbocycles. The highest BCUT2D eigenvalue weighted by Gasteiger charge is 2.73. The largest absolute Gasteiger partial charge is 0.453 e. The Bertz CT molecular complexity index is 3680. The summed E-state index contributed by atoms with van der Waals surface area (Å²) in [6.45, 7) is 3.52. The van der Waals surface area contributed by atoms with Gasteiger partial charge in [-0.25, -0.2) is 9.59 Å². The van der Waals surface area contributed by atoms with Crippen LogP contribution in [0.2, 0.25) is 0 Å². The third kappa shape index (κ3) is 5.73. The van der Waals surface area contributed by atoms with Crippen LogP contribution in [0.15, 0.2) is 133 Å². The minimum Gasteiger partial charge on any atom is -0.453 e. The van der Waals surface area contributed by atoms with Gasteiger partial charge in [-0.2, -0.15) is 0 Å². The minimum atomic E-state index is -0.473. The summed E-state index contributed by atoms with van der Waals surface area (Å²) in [6, 6.07) is 50.3.